The van der Waals surface area contributed by atoms with Gasteiger partial charge in [0.15, 0.2) is 0 Å². The molecule has 2 heteroatoms. The lowest BCUT2D eigenvalue weighted by atomic mass is 9.20. The second-order valence-corrected chi connectivity index (χ2v) is 21.0. The SMILES string of the molecule is CCC1(CC)CC(CC)(CC)c2cc3c(cc21)C(CC)(CC)C([B][B]C1C(CC)(CC)c2cc4c(cc2C1(CC)CC)C(CC)(CC)CC4(CC)CC)C3(CC)CC. The van der Waals surface area contributed by atoms with Gasteiger partial charge in [0.2, 0.25) is 0 Å². The number of hydrogen-bond acceptors (Lipinski definition) is 0. The van der Waals surface area contributed by atoms with Crippen LogP contribution in [0.5, 0.6) is 0 Å². The van der Waals surface area contributed by atoms with Crippen LogP contribution in [0.2, 0.25) is 11.6 Å². The normalized spacial score (nSPS) is 23.4. The van der Waals surface area contributed by atoms with E-state index in [0.717, 1.165) is 0 Å². The summed E-state index contributed by atoms with van der Waals surface area (Å²) in [6.07, 6.45) is 22.4. The average Bonchev–Trinajstić information content (AvgIpc) is 3.90. The number of rotatable bonds is 19. The van der Waals surface area contributed by atoms with Gasteiger partial charge < -0.3 is 0 Å². The van der Waals surface area contributed by atoms with Gasteiger partial charge in [0.05, 0.1) is 14.3 Å². The summed E-state index contributed by atoms with van der Waals surface area (Å²) in [4.78, 5) is 0. The Morgan fingerprint density at radius 3 is 0.603 bits per heavy atom. The van der Waals surface area contributed by atoms with E-state index in [1.165, 1.54) is 116 Å². The molecule has 0 saturated heterocycles. The van der Waals surface area contributed by atoms with Gasteiger partial charge in [0.25, 0.3) is 0 Å². The Kier molecular flexibility index (Phi) is 13.0. The Balaban J connectivity index is 1.55. The molecule has 0 N–H and O–H groups in total. The van der Waals surface area contributed by atoms with Crippen LogP contribution in [0, 0.1) is 0 Å². The highest BCUT2D eigenvalue weighted by Gasteiger charge is 2.62. The maximum atomic E-state index is 2.93. The highest BCUT2D eigenvalue weighted by Crippen LogP contribution is 2.69. The van der Waals surface area contributed by atoms with Crippen LogP contribution in [0.1, 0.15) is 271 Å². The molecule has 0 nitrogen and oxygen atoms in total. The quantitative estimate of drug-likeness (QED) is 0.125. The van der Waals surface area contributed by atoms with Crippen molar-refractivity contribution in [2.45, 2.75) is 281 Å². The third kappa shape index (κ3) is 5.58. The van der Waals surface area contributed by atoms with Crippen LogP contribution < -0.4 is 0 Å². The van der Waals surface area contributed by atoms with Crippen LogP contribution in [0.25, 0.3) is 0 Å². The van der Waals surface area contributed by atoms with E-state index in [0.29, 0.717) is 33.3 Å². The molecule has 2 aromatic carbocycles. The van der Waals surface area contributed by atoms with Crippen LogP contribution in [0.15, 0.2) is 24.3 Å². The van der Waals surface area contributed by atoms with Gasteiger partial charge in [-0.1, -0.05) is 147 Å². The summed E-state index contributed by atoms with van der Waals surface area (Å²) in [6.45, 7) is 40.4. The van der Waals surface area contributed by atoms with Crippen molar-refractivity contribution in [1.29, 1.82) is 0 Å². The van der Waals surface area contributed by atoms with Gasteiger partial charge in [-0.25, -0.2) is 0 Å². The molecular weight excluding hydrogens is 694 g/mol. The number of benzene rings is 2. The Bertz CT molecular complexity index is 1490. The minimum atomic E-state index is 0.155. The van der Waals surface area contributed by atoms with Gasteiger partial charge in [-0.3, -0.25) is 0 Å². The van der Waals surface area contributed by atoms with E-state index < -0.39 is 0 Å². The average molecular weight is 785 g/mol. The lowest BCUT2D eigenvalue weighted by Crippen LogP contribution is -2.46. The molecule has 2 aromatic rings. The van der Waals surface area contributed by atoms with Crippen molar-refractivity contribution in [3.63, 3.8) is 0 Å². The van der Waals surface area contributed by atoms with Crippen molar-refractivity contribution in [3.8, 4) is 0 Å². The molecule has 0 fully saturated rings. The molecule has 0 atom stereocenters. The zero-order valence-electron chi connectivity index (χ0n) is 41.3. The topological polar surface area (TPSA) is 0 Å². The predicted molar refractivity (Wildman–Crippen MR) is 259 cm³/mol. The summed E-state index contributed by atoms with van der Waals surface area (Å²) < 4.78 is 0. The summed E-state index contributed by atoms with van der Waals surface area (Å²) in [5.41, 5.74) is 15.8. The van der Waals surface area contributed by atoms with Crippen LogP contribution in [-0.2, 0) is 43.3 Å². The van der Waals surface area contributed by atoms with Crippen LogP contribution >= 0.6 is 0 Å². The molecule has 0 aliphatic heterocycles. The van der Waals surface area contributed by atoms with Crippen LogP contribution in [-0.4, -0.2) is 14.3 Å². The van der Waals surface area contributed by atoms with Crippen LogP contribution in [0.4, 0.5) is 0 Å². The highest BCUT2D eigenvalue weighted by atomic mass is 14.6. The van der Waals surface area contributed by atoms with E-state index in [1.54, 1.807) is 44.5 Å². The molecule has 0 unspecified atom stereocenters. The minimum Gasteiger partial charge on any atom is -0.0645 e. The van der Waals surface area contributed by atoms with Gasteiger partial charge in [-0.15, -0.1) is 0 Å². The molecule has 0 saturated carbocycles. The first kappa shape index (κ1) is 46.1. The monoisotopic (exact) mass is 785 g/mol. The zero-order chi connectivity index (χ0) is 42.7. The molecule has 2 radical (unpaired) electrons. The molecule has 320 valence electrons. The first-order valence-corrected chi connectivity index (χ1v) is 25.8. The molecule has 4 aliphatic carbocycles. The summed E-state index contributed by atoms with van der Waals surface area (Å²) in [5.74, 6) is 1.01. The minimum absolute atomic E-state index is 0.155. The van der Waals surface area contributed by atoms with Gasteiger partial charge in [0, 0.05) is 0 Å². The first-order valence-electron chi connectivity index (χ1n) is 25.8. The fourth-order valence-electron chi connectivity index (χ4n) is 16.8. The maximum Gasteiger partial charge on any atom is 0.0723 e. The Morgan fingerprint density at radius 1 is 0.293 bits per heavy atom. The summed E-state index contributed by atoms with van der Waals surface area (Å²) in [7, 11) is 5.86. The second kappa shape index (κ2) is 16.4. The van der Waals surface area contributed by atoms with Crippen molar-refractivity contribution in [1.82, 2.24) is 0 Å². The maximum absolute atomic E-state index is 2.93. The van der Waals surface area contributed by atoms with E-state index in [-0.39, 0.29) is 21.7 Å². The Morgan fingerprint density at radius 2 is 0.466 bits per heavy atom. The number of hydrogen-bond donors (Lipinski definition) is 0. The predicted octanol–water partition coefficient (Wildman–Crippen LogP) is 16.6. The molecule has 6 rings (SSSR count). The van der Waals surface area contributed by atoms with E-state index in [9.17, 15) is 0 Å². The van der Waals surface area contributed by atoms with Gasteiger partial charge in [-0.2, -0.15) is 0 Å². The van der Waals surface area contributed by atoms with E-state index in [1.807, 2.05) is 0 Å². The summed E-state index contributed by atoms with van der Waals surface area (Å²) in [5, 5.41) is 0. The Hall–Kier alpha value is -1.43. The molecule has 0 bridgehead atoms. The van der Waals surface area contributed by atoms with Crippen molar-refractivity contribution in [2.75, 3.05) is 0 Å². The van der Waals surface area contributed by atoms with Crippen molar-refractivity contribution in [3.05, 3.63) is 68.8 Å². The molecular formula is C56H90B2. The second-order valence-electron chi connectivity index (χ2n) is 21.0. The fraction of sp³-hybridized carbons (Fsp3) is 0.786. The third-order valence-electron chi connectivity index (χ3n) is 21.4. The first-order chi connectivity index (χ1) is 27.8. The van der Waals surface area contributed by atoms with Crippen LogP contribution in [0.3, 0.4) is 0 Å². The number of fused-ring (bicyclic) bond motifs is 4. The van der Waals surface area contributed by atoms with E-state index >= 15 is 0 Å². The standard InChI is InChI=1S/C56H90B2/c1-17-49(18-2)37-50(19-3,20-4)40-34-44-43(33-39(40)49)53(25-9,26-10)47(54(44,27-11)28-12)57-58-48-55(29-13,30-14)45-35-41-42(36-46(45)56(48,31-15)32-16)52(23-7,24-8)38-51(41,21-5)22-6/h33-36,47-48H,17-32,37-38H2,1-16H3. The molecule has 4 aliphatic rings. The summed E-state index contributed by atoms with van der Waals surface area (Å²) in [6, 6.07) is 11.5. The zero-order valence-corrected chi connectivity index (χ0v) is 41.3. The molecule has 0 heterocycles. The van der Waals surface area contributed by atoms with E-state index in [4.69, 9.17) is 0 Å². The highest BCUT2D eigenvalue weighted by molar-refractivity contribution is 7.02. The Labute approximate surface area is 362 Å². The fourth-order valence-corrected chi connectivity index (χ4v) is 16.8. The lowest BCUT2D eigenvalue weighted by molar-refractivity contribution is 0.274. The third-order valence-corrected chi connectivity index (χ3v) is 21.4. The van der Waals surface area contributed by atoms with Gasteiger partial charge in [0.1, 0.15) is 0 Å². The van der Waals surface area contributed by atoms with Crippen molar-refractivity contribution < 1.29 is 0 Å². The van der Waals surface area contributed by atoms with Crippen molar-refractivity contribution in [2.24, 2.45) is 0 Å². The van der Waals surface area contributed by atoms with Gasteiger partial charge >= 0.3 is 0 Å². The molecule has 0 aromatic heterocycles. The smallest absolute Gasteiger partial charge is 0.0645 e. The summed E-state index contributed by atoms with van der Waals surface area (Å²) >= 11 is 0. The molecule has 58 heavy (non-hydrogen) atoms. The van der Waals surface area contributed by atoms with Crippen molar-refractivity contribution >= 4 is 14.3 Å². The van der Waals surface area contributed by atoms with E-state index in [2.05, 4.69) is 149 Å². The van der Waals surface area contributed by atoms with Gasteiger partial charge in [-0.05, 0) is 203 Å². The lowest BCUT2D eigenvalue weighted by Gasteiger charge is -2.47. The largest absolute Gasteiger partial charge is 0.0723 e. The molecule has 0 amide bonds. The molecule has 0 spiro atoms.